The Hall–Kier alpha value is -0.640. The molecule has 0 aromatic rings. The molecular formula is C8H17N3S. The van der Waals surface area contributed by atoms with Gasteiger partial charge in [-0.1, -0.05) is 13.8 Å². The van der Waals surface area contributed by atoms with Crippen molar-refractivity contribution in [1.29, 1.82) is 0 Å². The van der Waals surface area contributed by atoms with Crippen LogP contribution >= 0.6 is 12.2 Å². The zero-order valence-corrected chi connectivity index (χ0v) is 8.74. The van der Waals surface area contributed by atoms with E-state index in [0.29, 0.717) is 5.92 Å². The topological polar surface area (TPSA) is 50.4 Å². The Balaban J connectivity index is 3.63. The molecule has 12 heavy (non-hydrogen) atoms. The fraction of sp³-hybridized carbons (Fsp3) is 0.750. The second-order valence-corrected chi connectivity index (χ2v) is 3.70. The fourth-order valence-corrected chi connectivity index (χ4v) is 0.750. The van der Waals surface area contributed by atoms with Gasteiger partial charge in [0.2, 0.25) is 0 Å². The Morgan fingerprint density at radius 1 is 1.58 bits per heavy atom. The molecule has 0 atom stereocenters. The predicted octanol–water partition coefficient (Wildman–Crippen LogP) is 1.63. The van der Waals surface area contributed by atoms with E-state index in [2.05, 4.69) is 36.6 Å². The molecule has 3 nitrogen and oxygen atoms in total. The van der Waals surface area contributed by atoms with Gasteiger partial charge in [-0.05, 0) is 37.9 Å². The molecular weight excluding hydrogens is 170 g/mol. The standard InChI is InChI=1S/C8H17N3S/c1-6(2)4-5-7(3)10-11-8(9)12/h6H,4-5H2,1-3H3,(H3,9,11,12)/b10-7+. The van der Waals surface area contributed by atoms with Gasteiger partial charge in [0.25, 0.3) is 0 Å². The van der Waals surface area contributed by atoms with Crippen LogP contribution in [0.4, 0.5) is 0 Å². The number of nitrogens with two attached hydrogens (primary N) is 1. The molecule has 0 heterocycles. The van der Waals surface area contributed by atoms with Gasteiger partial charge in [-0.3, -0.25) is 5.43 Å². The van der Waals surface area contributed by atoms with E-state index in [1.165, 1.54) is 0 Å². The summed E-state index contributed by atoms with van der Waals surface area (Å²) in [6, 6.07) is 0. The molecule has 0 unspecified atom stereocenters. The first-order valence-electron chi connectivity index (χ1n) is 4.11. The van der Waals surface area contributed by atoms with Gasteiger partial charge in [0.05, 0.1) is 0 Å². The predicted molar refractivity (Wildman–Crippen MR) is 57.1 cm³/mol. The summed E-state index contributed by atoms with van der Waals surface area (Å²) >= 11 is 4.61. The molecule has 0 saturated heterocycles. The van der Waals surface area contributed by atoms with E-state index in [1.807, 2.05) is 6.92 Å². The molecule has 0 saturated carbocycles. The Bertz CT molecular complexity index is 175. The minimum Gasteiger partial charge on any atom is -0.375 e. The van der Waals surface area contributed by atoms with Gasteiger partial charge in [0, 0.05) is 5.71 Å². The third-order valence-corrected chi connectivity index (χ3v) is 1.53. The van der Waals surface area contributed by atoms with E-state index in [-0.39, 0.29) is 5.11 Å². The second kappa shape index (κ2) is 5.94. The molecule has 0 aliphatic rings. The molecule has 0 rings (SSSR count). The van der Waals surface area contributed by atoms with Crippen LogP contribution in [0.15, 0.2) is 5.10 Å². The monoisotopic (exact) mass is 187 g/mol. The van der Waals surface area contributed by atoms with Crippen LogP contribution in [0, 0.1) is 5.92 Å². The molecule has 0 spiro atoms. The van der Waals surface area contributed by atoms with Crippen molar-refractivity contribution in [3.63, 3.8) is 0 Å². The van der Waals surface area contributed by atoms with Crippen LogP contribution in [-0.4, -0.2) is 10.8 Å². The maximum atomic E-state index is 5.21. The number of hydrazone groups is 1. The molecule has 70 valence electrons. The Morgan fingerprint density at radius 3 is 2.58 bits per heavy atom. The van der Waals surface area contributed by atoms with Gasteiger partial charge in [-0.25, -0.2) is 0 Å². The zero-order chi connectivity index (χ0) is 9.56. The SMILES string of the molecule is C/C(CCC(C)C)=N\NC(N)=S. The third-order valence-electron chi connectivity index (χ3n) is 1.44. The van der Waals surface area contributed by atoms with Crippen LogP contribution in [0.2, 0.25) is 0 Å². The summed E-state index contributed by atoms with van der Waals surface area (Å²) in [5.74, 6) is 0.708. The molecule has 3 N–H and O–H groups in total. The maximum absolute atomic E-state index is 5.21. The van der Waals surface area contributed by atoms with Gasteiger partial charge in [-0.15, -0.1) is 0 Å². The number of nitrogens with one attached hydrogen (secondary N) is 1. The first-order chi connectivity index (χ1) is 5.52. The van der Waals surface area contributed by atoms with E-state index in [1.54, 1.807) is 0 Å². The summed E-state index contributed by atoms with van der Waals surface area (Å²) in [5.41, 5.74) is 8.81. The molecule has 0 amide bonds. The summed E-state index contributed by atoms with van der Waals surface area (Å²) in [6.45, 7) is 6.34. The molecule has 0 aromatic heterocycles. The van der Waals surface area contributed by atoms with Crippen LogP contribution in [0.5, 0.6) is 0 Å². The lowest BCUT2D eigenvalue weighted by atomic mass is 10.1. The van der Waals surface area contributed by atoms with Gasteiger partial charge in [0.1, 0.15) is 0 Å². The summed E-state index contributed by atoms with van der Waals surface area (Å²) < 4.78 is 0. The lowest BCUT2D eigenvalue weighted by Gasteiger charge is -2.03. The summed E-state index contributed by atoms with van der Waals surface area (Å²) in [5, 5.41) is 4.22. The molecule has 0 aliphatic carbocycles. The van der Waals surface area contributed by atoms with Crippen molar-refractivity contribution in [3.05, 3.63) is 0 Å². The highest BCUT2D eigenvalue weighted by atomic mass is 32.1. The molecule has 0 bridgehead atoms. The van der Waals surface area contributed by atoms with Crippen molar-refractivity contribution in [2.75, 3.05) is 0 Å². The minimum atomic E-state index is 0.221. The Kier molecular flexibility index (Phi) is 5.62. The smallest absolute Gasteiger partial charge is 0.184 e. The van der Waals surface area contributed by atoms with Crippen molar-refractivity contribution >= 4 is 23.0 Å². The van der Waals surface area contributed by atoms with Crippen molar-refractivity contribution in [2.45, 2.75) is 33.6 Å². The van der Waals surface area contributed by atoms with E-state index >= 15 is 0 Å². The molecule has 0 aliphatic heterocycles. The molecule has 0 fully saturated rings. The highest BCUT2D eigenvalue weighted by molar-refractivity contribution is 7.80. The van der Waals surface area contributed by atoms with Gasteiger partial charge >= 0.3 is 0 Å². The highest BCUT2D eigenvalue weighted by Gasteiger charge is 1.96. The molecule has 0 radical (unpaired) electrons. The Labute approximate surface area is 79.4 Å². The maximum Gasteiger partial charge on any atom is 0.184 e. The first-order valence-corrected chi connectivity index (χ1v) is 4.51. The summed E-state index contributed by atoms with van der Waals surface area (Å²) in [6.07, 6.45) is 2.14. The van der Waals surface area contributed by atoms with Crippen LogP contribution in [0.25, 0.3) is 0 Å². The van der Waals surface area contributed by atoms with Crippen molar-refractivity contribution in [2.24, 2.45) is 16.8 Å². The third kappa shape index (κ3) is 7.47. The quantitative estimate of drug-likeness (QED) is 0.399. The second-order valence-electron chi connectivity index (χ2n) is 3.26. The van der Waals surface area contributed by atoms with Crippen molar-refractivity contribution in [1.82, 2.24) is 5.43 Å². The minimum absolute atomic E-state index is 0.221. The van der Waals surface area contributed by atoms with Crippen molar-refractivity contribution in [3.8, 4) is 0 Å². The fourth-order valence-electron chi connectivity index (χ4n) is 0.704. The van der Waals surface area contributed by atoms with E-state index < -0.39 is 0 Å². The van der Waals surface area contributed by atoms with Crippen LogP contribution in [0.3, 0.4) is 0 Å². The zero-order valence-electron chi connectivity index (χ0n) is 7.92. The average molecular weight is 187 g/mol. The van der Waals surface area contributed by atoms with Gasteiger partial charge in [-0.2, -0.15) is 5.10 Å². The molecule has 4 heteroatoms. The number of rotatable bonds is 4. The highest BCUT2D eigenvalue weighted by Crippen LogP contribution is 2.03. The van der Waals surface area contributed by atoms with Crippen molar-refractivity contribution < 1.29 is 0 Å². The lowest BCUT2D eigenvalue weighted by Crippen LogP contribution is -2.25. The van der Waals surface area contributed by atoms with E-state index in [4.69, 9.17) is 5.73 Å². The first kappa shape index (κ1) is 11.4. The Morgan fingerprint density at radius 2 is 2.17 bits per heavy atom. The number of nitrogens with zero attached hydrogens (tertiary/aromatic N) is 1. The lowest BCUT2D eigenvalue weighted by molar-refractivity contribution is 0.602. The number of hydrogen-bond acceptors (Lipinski definition) is 2. The molecule has 0 aromatic carbocycles. The van der Waals surface area contributed by atoms with Crippen LogP contribution in [-0.2, 0) is 0 Å². The van der Waals surface area contributed by atoms with Crippen LogP contribution in [0.1, 0.15) is 33.6 Å². The van der Waals surface area contributed by atoms with E-state index in [0.717, 1.165) is 18.6 Å². The number of thiocarbonyl (C=S) groups is 1. The summed E-state index contributed by atoms with van der Waals surface area (Å²) in [7, 11) is 0. The van der Waals surface area contributed by atoms with Gasteiger partial charge in [0.15, 0.2) is 5.11 Å². The number of hydrogen-bond donors (Lipinski definition) is 2. The van der Waals surface area contributed by atoms with Gasteiger partial charge < -0.3 is 5.73 Å². The van der Waals surface area contributed by atoms with E-state index in [9.17, 15) is 0 Å². The average Bonchev–Trinajstić information content (AvgIpc) is 1.96. The normalized spacial score (nSPS) is 11.8. The summed E-state index contributed by atoms with van der Waals surface area (Å²) in [4.78, 5) is 0. The largest absolute Gasteiger partial charge is 0.375 e. The van der Waals surface area contributed by atoms with Crippen LogP contribution < -0.4 is 11.2 Å².